The topological polar surface area (TPSA) is 82.2 Å². The van der Waals surface area contributed by atoms with E-state index in [1.54, 1.807) is 7.11 Å². The van der Waals surface area contributed by atoms with E-state index in [0.29, 0.717) is 50.8 Å². The van der Waals surface area contributed by atoms with Gasteiger partial charge in [-0.3, -0.25) is 14.5 Å². The fraction of sp³-hybridized carbons (Fsp3) is 0.864. The Morgan fingerprint density at radius 1 is 1.23 bits per heavy atom. The number of piperidine rings is 2. The van der Waals surface area contributed by atoms with Gasteiger partial charge in [0.2, 0.25) is 5.91 Å². The summed E-state index contributed by atoms with van der Waals surface area (Å²) in [6.07, 6.45) is 6.47. The van der Waals surface area contributed by atoms with Crippen molar-refractivity contribution >= 4 is 17.7 Å². The third kappa shape index (κ3) is 6.02. The first-order chi connectivity index (χ1) is 14.5. The molecule has 0 spiro atoms. The second-order valence-electron chi connectivity index (χ2n) is 9.10. The molecule has 1 N–H and O–H groups in total. The van der Waals surface area contributed by atoms with Gasteiger partial charge in [-0.25, -0.2) is 4.79 Å². The molecule has 3 atom stereocenters. The van der Waals surface area contributed by atoms with Crippen molar-refractivity contribution in [2.24, 2.45) is 11.8 Å². The van der Waals surface area contributed by atoms with Crippen LogP contribution in [0, 0.1) is 11.8 Å². The highest BCUT2D eigenvalue weighted by Gasteiger charge is 2.42. The number of Topliss-reactive ketones (excluding diaryl/α,β-unsaturated/α-hetero) is 1. The van der Waals surface area contributed by atoms with Crippen molar-refractivity contribution in [1.29, 1.82) is 0 Å². The van der Waals surface area contributed by atoms with E-state index < -0.39 is 0 Å². The summed E-state index contributed by atoms with van der Waals surface area (Å²) >= 11 is 0. The minimum Gasteiger partial charge on any atom is -0.383 e. The zero-order valence-electron chi connectivity index (χ0n) is 18.6. The van der Waals surface area contributed by atoms with Gasteiger partial charge >= 0.3 is 6.03 Å². The van der Waals surface area contributed by atoms with E-state index in [4.69, 9.17) is 4.74 Å². The molecule has 2 heterocycles. The molecule has 0 radical (unpaired) electrons. The Labute approximate surface area is 180 Å². The molecule has 1 aliphatic carbocycles. The number of ether oxygens (including phenoxy) is 1. The quantitative estimate of drug-likeness (QED) is 0.667. The predicted octanol–water partition coefficient (Wildman–Crippen LogP) is 1.35. The number of carbonyl (C=O) groups excluding carboxylic acids is 3. The van der Waals surface area contributed by atoms with Crippen LogP contribution in [-0.2, 0) is 14.3 Å². The fourth-order valence-electron chi connectivity index (χ4n) is 5.31. The molecule has 1 saturated carbocycles. The van der Waals surface area contributed by atoms with E-state index in [0.717, 1.165) is 26.1 Å². The molecule has 0 aromatic heterocycles. The SMILES string of the molecule is COCCN(C(=O)NCCN1CCCCC1)C(=O)[C@@H]1C[C@@H]2CC(=O)CC[C@H]2N(C)C1. The van der Waals surface area contributed by atoms with E-state index in [-0.39, 0.29) is 30.3 Å². The molecule has 2 saturated heterocycles. The molecule has 3 rings (SSSR count). The molecule has 3 amide bonds. The Kier molecular flexibility index (Phi) is 8.65. The van der Waals surface area contributed by atoms with Crippen LogP contribution in [0.2, 0.25) is 0 Å². The van der Waals surface area contributed by atoms with E-state index in [1.165, 1.54) is 24.2 Å². The van der Waals surface area contributed by atoms with Crippen LogP contribution in [0.4, 0.5) is 4.79 Å². The van der Waals surface area contributed by atoms with Crippen LogP contribution in [-0.4, -0.2) is 98.5 Å². The average molecular weight is 423 g/mol. The first kappa shape index (κ1) is 23.2. The zero-order chi connectivity index (χ0) is 21.5. The highest BCUT2D eigenvalue weighted by Crippen LogP contribution is 2.36. The number of hydrogen-bond acceptors (Lipinski definition) is 6. The fourth-order valence-corrected chi connectivity index (χ4v) is 5.31. The standard InChI is InChI=1S/C22H38N4O4/c1-24-16-18(14-17-15-19(27)6-7-20(17)24)21(28)26(12-13-30-2)22(29)23-8-11-25-9-4-3-5-10-25/h17-18,20H,3-16H2,1-2H3,(H,23,29)/t17-,18-,20-/m1/s1. The van der Waals surface area contributed by atoms with Crippen LogP contribution >= 0.6 is 0 Å². The van der Waals surface area contributed by atoms with Gasteiger partial charge < -0.3 is 19.9 Å². The van der Waals surface area contributed by atoms with E-state index >= 15 is 0 Å². The number of urea groups is 1. The highest BCUT2D eigenvalue weighted by molar-refractivity contribution is 5.95. The van der Waals surface area contributed by atoms with Crippen molar-refractivity contribution in [2.45, 2.75) is 51.0 Å². The number of imide groups is 1. The first-order valence-corrected chi connectivity index (χ1v) is 11.5. The summed E-state index contributed by atoms with van der Waals surface area (Å²) in [6, 6.07) is 0.0381. The van der Waals surface area contributed by atoms with Gasteiger partial charge in [-0.1, -0.05) is 6.42 Å². The third-order valence-corrected chi connectivity index (χ3v) is 6.95. The number of likely N-dealkylation sites (tertiary alicyclic amines) is 2. The van der Waals surface area contributed by atoms with Crippen molar-refractivity contribution in [3.63, 3.8) is 0 Å². The second-order valence-corrected chi connectivity index (χ2v) is 9.10. The van der Waals surface area contributed by atoms with Crippen molar-refractivity contribution in [3.8, 4) is 0 Å². The molecule has 170 valence electrons. The molecule has 0 bridgehead atoms. The largest absolute Gasteiger partial charge is 0.383 e. The summed E-state index contributed by atoms with van der Waals surface area (Å²) in [4.78, 5) is 44.0. The summed E-state index contributed by atoms with van der Waals surface area (Å²) in [5.41, 5.74) is 0. The van der Waals surface area contributed by atoms with E-state index in [2.05, 4.69) is 15.1 Å². The number of carbonyl (C=O) groups is 3. The van der Waals surface area contributed by atoms with Gasteiger partial charge in [-0.05, 0) is 51.7 Å². The Balaban J connectivity index is 1.56. The summed E-state index contributed by atoms with van der Waals surface area (Å²) in [5, 5.41) is 2.93. The molecule has 8 nitrogen and oxygen atoms in total. The lowest BCUT2D eigenvalue weighted by Crippen LogP contribution is -2.55. The van der Waals surface area contributed by atoms with Crippen molar-refractivity contribution in [2.75, 3.05) is 60.0 Å². The lowest BCUT2D eigenvalue weighted by atomic mass is 9.74. The van der Waals surface area contributed by atoms with Gasteiger partial charge in [0.25, 0.3) is 0 Å². The molecule has 30 heavy (non-hydrogen) atoms. The Morgan fingerprint density at radius 2 is 2.00 bits per heavy atom. The van der Waals surface area contributed by atoms with Crippen molar-refractivity contribution in [1.82, 2.24) is 20.0 Å². The Bertz CT molecular complexity index is 608. The number of amides is 3. The summed E-state index contributed by atoms with van der Waals surface area (Å²) < 4.78 is 5.14. The second kappa shape index (κ2) is 11.2. The van der Waals surface area contributed by atoms with Gasteiger partial charge in [0.1, 0.15) is 5.78 Å². The molecular formula is C22H38N4O4. The predicted molar refractivity (Wildman–Crippen MR) is 114 cm³/mol. The lowest BCUT2D eigenvalue weighted by Gasteiger charge is -2.45. The van der Waals surface area contributed by atoms with Crippen LogP contribution in [0.15, 0.2) is 0 Å². The van der Waals surface area contributed by atoms with Gasteiger partial charge in [-0.2, -0.15) is 0 Å². The van der Waals surface area contributed by atoms with Gasteiger partial charge in [0.05, 0.1) is 19.1 Å². The smallest absolute Gasteiger partial charge is 0.324 e. The molecular weight excluding hydrogens is 384 g/mol. The minimum absolute atomic E-state index is 0.147. The Morgan fingerprint density at radius 3 is 2.73 bits per heavy atom. The Hall–Kier alpha value is -1.51. The molecule has 0 aromatic rings. The number of ketones is 1. The number of rotatable bonds is 7. The maximum atomic E-state index is 13.3. The number of nitrogens with one attached hydrogen (secondary N) is 1. The summed E-state index contributed by atoms with van der Waals surface area (Å²) in [7, 11) is 3.61. The first-order valence-electron chi connectivity index (χ1n) is 11.5. The van der Waals surface area contributed by atoms with Crippen molar-refractivity contribution < 1.29 is 19.1 Å². The monoisotopic (exact) mass is 422 g/mol. The summed E-state index contributed by atoms with van der Waals surface area (Å²) in [5.74, 6) is 0.104. The van der Waals surface area contributed by atoms with Crippen LogP contribution < -0.4 is 5.32 Å². The van der Waals surface area contributed by atoms with Gasteiger partial charge in [0, 0.05) is 45.6 Å². The summed E-state index contributed by atoms with van der Waals surface area (Å²) in [6.45, 7) is 4.72. The molecule has 8 heteroatoms. The number of fused-ring (bicyclic) bond motifs is 1. The molecule has 3 aliphatic rings. The van der Waals surface area contributed by atoms with Crippen LogP contribution in [0.1, 0.15) is 44.9 Å². The van der Waals surface area contributed by atoms with Crippen LogP contribution in [0.3, 0.4) is 0 Å². The maximum absolute atomic E-state index is 13.3. The number of hydrogen-bond donors (Lipinski definition) is 1. The lowest BCUT2D eigenvalue weighted by molar-refractivity contribution is -0.138. The normalized spacial score (nSPS) is 28.1. The average Bonchev–Trinajstić information content (AvgIpc) is 2.74. The van der Waals surface area contributed by atoms with E-state index in [1.807, 2.05) is 7.05 Å². The molecule has 2 aliphatic heterocycles. The van der Waals surface area contributed by atoms with E-state index in [9.17, 15) is 14.4 Å². The van der Waals surface area contributed by atoms with Gasteiger partial charge in [0.15, 0.2) is 0 Å². The number of nitrogens with zero attached hydrogens (tertiary/aromatic N) is 3. The zero-order valence-corrected chi connectivity index (χ0v) is 18.6. The minimum atomic E-state index is -0.335. The maximum Gasteiger partial charge on any atom is 0.324 e. The molecule has 0 aromatic carbocycles. The number of methoxy groups -OCH3 is 1. The molecule has 3 fully saturated rings. The van der Waals surface area contributed by atoms with Crippen LogP contribution in [0.25, 0.3) is 0 Å². The highest BCUT2D eigenvalue weighted by atomic mass is 16.5. The third-order valence-electron chi connectivity index (χ3n) is 6.95. The molecule has 0 unspecified atom stereocenters. The van der Waals surface area contributed by atoms with Gasteiger partial charge in [-0.15, -0.1) is 0 Å². The van der Waals surface area contributed by atoms with Crippen LogP contribution in [0.5, 0.6) is 0 Å². The van der Waals surface area contributed by atoms with Crippen molar-refractivity contribution in [3.05, 3.63) is 0 Å².